The second-order valence-electron chi connectivity index (χ2n) is 7.12. The largest absolute Gasteiger partial charge is 0.491 e. The molecule has 27 heavy (non-hydrogen) atoms. The van der Waals surface area contributed by atoms with Gasteiger partial charge in [0, 0.05) is 18.2 Å². The molecule has 1 aromatic carbocycles. The van der Waals surface area contributed by atoms with Crippen LogP contribution in [0.4, 0.5) is 5.82 Å². The molecule has 0 fully saturated rings. The van der Waals surface area contributed by atoms with E-state index in [0.717, 1.165) is 16.9 Å². The number of hydrazine groups is 1. The number of aliphatic hydroxyl groups is 1. The molecule has 0 bridgehead atoms. The highest BCUT2D eigenvalue weighted by molar-refractivity contribution is 5.38. The summed E-state index contributed by atoms with van der Waals surface area (Å²) in [4.78, 5) is 0. The number of hydrogen-bond donors (Lipinski definition) is 4. The Labute approximate surface area is 160 Å². The fraction of sp³-hybridized carbons (Fsp3) is 0.474. The Morgan fingerprint density at radius 2 is 1.93 bits per heavy atom. The van der Waals surface area contributed by atoms with Gasteiger partial charge in [-0.15, -0.1) is 10.2 Å². The molecule has 8 nitrogen and oxygen atoms in total. The van der Waals surface area contributed by atoms with Gasteiger partial charge in [0.15, 0.2) is 5.82 Å². The summed E-state index contributed by atoms with van der Waals surface area (Å²) >= 11 is 0. The van der Waals surface area contributed by atoms with Crippen LogP contribution in [0.15, 0.2) is 30.3 Å². The first-order valence-electron chi connectivity index (χ1n) is 8.86. The minimum atomic E-state index is -0.640. The summed E-state index contributed by atoms with van der Waals surface area (Å²) in [5, 5.41) is 21.3. The third-order valence-electron chi connectivity index (χ3n) is 4.17. The van der Waals surface area contributed by atoms with E-state index in [4.69, 9.17) is 15.3 Å². The second kappa shape index (κ2) is 9.50. The van der Waals surface area contributed by atoms with E-state index in [9.17, 15) is 5.11 Å². The Balaban J connectivity index is 1.75. The van der Waals surface area contributed by atoms with Crippen molar-refractivity contribution >= 4 is 5.82 Å². The zero-order chi connectivity index (χ0) is 19.9. The maximum atomic E-state index is 10.2. The molecule has 0 radical (unpaired) electrons. The summed E-state index contributed by atoms with van der Waals surface area (Å²) in [6.07, 6.45) is -0.640. The van der Waals surface area contributed by atoms with Gasteiger partial charge in [-0.2, -0.15) is 0 Å². The third kappa shape index (κ3) is 6.67. The van der Waals surface area contributed by atoms with E-state index < -0.39 is 6.10 Å². The van der Waals surface area contributed by atoms with Crippen molar-refractivity contribution in [1.29, 1.82) is 0 Å². The highest BCUT2D eigenvalue weighted by Gasteiger charge is 2.20. The number of aromatic nitrogens is 2. The minimum absolute atomic E-state index is 0.216. The van der Waals surface area contributed by atoms with Crippen molar-refractivity contribution in [1.82, 2.24) is 15.5 Å². The van der Waals surface area contributed by atoms with Crippen LogP contribution in [0.1, 0.15) is 25.0 Å². The molecule has 5 N–H and O–H groups in total. The Morgan fingerprint density at radius 3 is 2.59 bits per heavy atom. The molecule has 8 heteroatoms. The van der Waals surface area contributed by atoms with Gasteiger partial charge in [-0.05, 0) is 51.0 Å². The van der Waals surface area contributed by atoms with Crippen LogP contribution in [0.3, 0.4) is 0 Å². The molecule has 0 amide bonds. The van der Waals surface area contributed by atoms with Crippen molar-refractivity contribution in [3.63, 3.8) is 0 Å². The molecule has 148 valence electrons. The molecule has 0 spiro atoms. The SMILES string of the molecule is Cc1cccc(OCC(O)CNC(C)(C)COc2ccc(NN)nn2)c1C. The predicted molar refractivity (Wildman–Crippen MR) is 105 cm³/mol. The molecule has 1 heterocycles. The molecule has 0 aliphatic heterocycles. The molecular formula is C19H29N5O3. The monoisotopic (exact) mass is 375 g/mol. The lowest BCUT2D eigenvalue weighted by Gasteiger charge is -2.27. The van der Waals surface area contributed by atoms with E-state index in [0.29, 0.717) is 24.8 Å². The number of benzene rings is 1. The first-order chi connectivity index (χ1) is 12.8. The molecule has 0 saturated heterocycles. The van der Waals surface area contributed by atoms with Gasteiger partial charge in [-0.1, -0.05) is 12.1 Å². The van der Waals surface area contributed by atoms with E-state index in [-0.39, 0.29) is 12.1 Å². The average molecular weight is 375 g/mol. The Kier molecular flexibility index (Phi) is 7.35. The number of aryl methyl sites for hydroxylation is 1. The van der Waals surface area contributed by atoms with E-state index in [2.05, 4.69) is 20.9 Å². The van der Waals surface area contributed by atoms with Crippen LogP contribution in [-0.4, -0.2) is 46.7 Å². The highest BCUT2D eigenvalue weighted by Crippen LogP contribution is 2.20. The molecule has 0 aliphatic rings. The Hall–Kier alpha value is -2.42. The van der Waals surface area contributed by atoms with Gasteiger partial charge in [-0.25, -0.2) is 5.84 Å². The first-order valence-corrected chi connectivity index (χ1v) is 8.86. The second-order valence-corrected chi connectivity index (χ2v) is 7.12. The van der Waals surface area contributed by atoms with Crippen molar-refractivity contribution in [2.75, 3.05) is 25.2 Å². The summed E-state index contributed by atoms with van der Waals surface area (Å²) in [6, 6.07) is 9.25. The van der Waals surface area contributed by atoms with E-state index >= 15 is 0 Å². The number of nitrogens with one attached hydrogen (secondary N) is 2. The van der Waals surface area contributed by atoms with E-state index in [1.165, 1.54) is 0 Å². The predicted octanol–water partition coefficient (Wildman–Crippen LogP) is 1.57. The zero-order valence-corrected chi connectivity index (χ0v) is 16.3. The number of nitrogen functional groups attached to an aromatic ring is 1. The Morgan fingerprint density at radius 1 is 1.15 bits per heavy atom. The lowest BCUT2D eigenvalue weighted by atomic mass is 10.1. The third-order valence-corrected chi connectivity index (χ3v) is 4.17. The van der Waals surface area contributed by atoms with Crippen LogP contribution in [0, 0.1) is 13.8 Å². The molecule has 2 rings (SSSR count). The van der Waals surface area contributed by atoms with Crippen LogP contribution in [0.2, 0.25) is 0 Å². The van der Waals surface area contributed by atoms with Crippen LogP contribution < -0.4 is 26.1 Å². The van der Waals surface area contributed by atoms with Gasteiger partial charge >= 0.3 is 0 Å². The first kappa shape index (κ1) is 20.9. The van der Waals surface area contributed by atoms with Crippen molar-refractivity contribution < 1.29 is 14.6 Å². The minimum Gasteiger partial charge on any atom is -0.491 e. The summed E-state index contributed by atoms with van der Waals surface area (Å²) in [5.41, 5.74) is 4.29. The van der Waals surface area contributed by atoms with E-state index in [1.807, 2.05) is 45.9 Å². The average Bonchev–Trinajstić information content (AvgIpc) is 2.66. The van der Waals surface area contributed by atoms with Gasteiger partial charge in [-0.3, -0.25) is 0 Å². The van der Waals surface area contributed by atoms with Gasteiger partial charge in [0.25, 0.3) is 0 Å². The molecule has 1 atom stereocenters. The lowest BCUT2D eigenvalue weighted by Crippen LogP contribution is -2.48. The van der Waals surface area contributed by atoms with Crippen molar-refractivity contribution in [2.24, 2.45) is 5.84 Å². The quantitative estimate of drug-likeness (QED) is 0.365. The summed E-state index contributed by atoms with van der Waals surface area (Å²) in [5.74, 6) is 6.92. The number of nitrogens with zero attached hydrogens (tertiary/aromatic N) is 2. The maximum absolute atomic E-state index is 10.2. The summed E-state index contributed by atoms with van der Waals surface area (Å²) in [7, 11) is 0. The number of rotatable bonds is 10. The van der Waals surface area contributed by atoms with E-state index in [1.54, 1.807) is 12.1 Å². The molecule has 0 saturated carbocycles. The number of ether oxygens (including phenoxy) is 2. The number of aliphatic hydroxyl groups excluding tert-OH is 1. The number of anilines is 1. The van der Waals surface area contributed by atoms with Gasteiger partial charge in [0.1, 0.15) is 25.1 Å². The molecule has 0 aliphatic carbocycles. The van der Waals surface area contributed by atoms with Crippen molar-refractivity contribution in [2.45, 2.75) is 39.3 Å². The normalized spacial score (nSPS) is 12.5. The van der Waals surface area contributed by atoms with Crippen LogP contribution in [-0.2, 0) is 0 Å². The van der Waals surface area contributed by atoms with Crippen molar-refractivity contribution in [3.8, 4) is 11.6 Å². The number of nitrogens with two attached hydrogens (primary N) is 1. The fourth-order valence-electron chi connectivity index (χ4n) is 2.30. The number of β-amino-alcohol motifs (C(OH)–C–C–N with tert-alkyl or cyclic N) is 1. The van der Waals surface area contributed by atoms with Gasteiger partial charge in [0.2, 0.25) is 5.88 Å². The maximum Gasteiger partial charge on any atom is 0.233 e. The molecule has 1 unspecified atom stereocenters. The Bertz CT molecular complexity index is 722. The van der Waals surface area contributed by atoms with Crippen LogP contribution in [0.25, 0.3) is 0 Å². The van der Waals surface area contributed by atoms with Crippen LogP contribution in [0.5, 0.6) is 11.6 Å². The van der Waals surface area contributed by atoms with Crippen LogP contribution >= 0.6 is 0 Å². The summed E-state index contributed by atoms with van der Waals surface area (Å²) < 4.78 is 11.4. The lowest BCUT2D eigenvalue weighted by molar-refractivity contribution is 0.0920. The molecule has 2 aromatic rings. The van der Waals surface area contributed by atoms with Gasteiger partial charge < -0.3 is 25.3 Å². The fourth-order valence-corrected chi connectivity index (χ4v) is 2.30. The smallest absolute Gasteiger partial charge is 0.233 e. The molecule has 1 aromatic heterocycles. The highest BCUT2D eigenvalue weighted by atomic mass is 16.5. The van der Waals surface area contributed by atoms with Crippen molar-refractivity contribution in [3.05, 3.63) is 41.5 Å². The topological polar surface area (TPSA) is 115 Å². The van der Waals surface area contributed by atoms with Gasteiger partial charge in [0.05, 0.1) is 0 Å². The zero-order valence-electron chi connectivity index (χ0n) is 16.3. The number of hydrogen-bond acceptors (Lipinski definition) is 8. The standard InChI is InChI=1S/C19H29N5O3/c1-13-6-5-7-16(14(13)2)26-11-15(25)10-21-19(3,4)12-27-18-9-8-17(22-20)23-24-18/h5-9,15,21,25H,10-12,20H2,1-4H3,(H,22,23). The molecular weight excluding hydrogens is 346 g/mol. The summed E-state index contributed by atoms with van der Waals surface area (Å²) in [6.45, 7) is 8.96.